The molecule has 2 aromatic rings. The molecule has 2 rings (SSSR count). The van der Waals surface area contributed by atoms with Crippen molar-refractivity contribution < 1.29 is 0 Å². The second-order valence-corrected chi connectivity index (χ2v) is 5.75. The van der Waals surface area contributed by atoms with Crippen molar-refractivity contribution in [3.63, 3.8) is 0 Å². The van der Waals surface area contributed by atoms with Gasteiger partial charge in [-0.3, -0.25) is 4.98 Å². The average molecular weight is 275 g/mol. The van der Waals surface area contributed by atoms with Crippen LogP contribution in [0, 0.1) is 0 Å². The first-order valence-corrected chi connectivity index (χ1v) is 7.46. The van der Waals surface area contributed by atoms with Crippen LogP contribution in [0.5, 0.6) is 0 Å². The van der Waals surface area contributed by atoms with Crippen molar-refractivity contribution in [2.75, 3.05) is 20.6 Å². The fourth-order valence-electron chi connectivity index (χ4n) is 2.01. The molecule has 19 heavy (non-hydrogen) atoms. The summed E-state index contributed by atoms with van der Waals surface area (Å²) in [4.78, 5) is 8.42. The van der Waals surface area contributed by atoms with Gasteiger partial charge in [0.25, 0.3) is 0 Å². The van der Waals surface area contributed by atoms with Gasteiger partial charge in [-0.2, -0.15) is 0 Å². The number of nitrogens with one attached hydrogen (secondary N) is 1. The monoisotopic (exact) mass is 275 g/mol. The first kappa shape index (κ1) is 14.2. The van der Waals surface area contributed by atoms with E-state index in [1.807, 2.05) is 18.4 Å². The molecule has 102 valence electrons. The van der Waals surface area contributed by atoms with Crippen LogP contribution in [0.1, 0.15) is 16.3 Å². The Bertz CT molecular complexity index is 482. The number of aromatic nitrogens is 1. The second-order valence-electron chi connectivity index (χ2n) is 4.72. The number of pyridine rings is 1. The summed E-state index contributed by atoms with van der Waals surface area (Å²) in [5, 5.41) is 5.27. The van der Waals surface area contributed by atoms with Gasteiger partial charge in [0.2, 0.25) is 0 Å². The molecule has 0 amide bonds. The molecule has 0 aliphatic carbocycles. The van der Waals surface area contributed by atoms with E-state index in [1.165, 1.54) is 4.88 Å². The summed E-state index contributed by atoms with van der Waals surface area (Å²) in [5.41, 5.74) is 2.24. The molecule has 0 fully saturated rings. The first-order chi connectivity index (χ1) is 9.28. The Balaban J connectivity index is 1.84. The minimum absolute atomic E-state index is 0.826. The highest BCUT2D eigenvalue weighted by Crippen LogP contribution is 2.10. The normalized spacial score (nSPS) is 11.1. The number of likely N-dealkylation sites (N-methyl/N-ethyl adjacent to an activating group) is 1. The molecule has 0 aliphatic heterocycles. The molecule has 0 unspecified atom stereocenters. The van der Waals surface area contributed by atoms with Gasteiger partial charge in [0.15, 0.2) is 0 Å². The van der Waals surface area contributed by atoms with E-state index >= 15 is 0 Å². The van der Waals surface area contributed by atoms with Crippen LogP contribution in [-0.2, 0) is 19.5 Å². The van der Waals surface area contributed by atoms with Gasteiger partial charge in [0, 0.05) is 24.5 Å². The van der Waals surface area contributed by atoms with Gasteiger partial charge in [-0.05, 0) is 44.1 Å². The maximum atomic E-state index is 4.65. The fraction of sp³-hybridized carbons (Fsp3) is 0.400. The number of hydrogen-bond donors (Lipinski definition) is 1. The smallest absolute Gasteiger partial charge is 0.0547 e. The molecular weight excluding hydrogens is 254 g/mol. The van der Waals surface area contributed by atoms with Gasteiger partial charge in [-0.1, -0.05) is 12.1 Å². The largest absolute Gasteiger partial charge is 0.314 e. The molecule has 0 saturated carbocycles. The zero-order chi connectivity index (χ0) is 13.5. The van der Waals surface area contributed by atoms with Crippen molar-refractivity contribution in [2.45, 2.75) is 19.5 Å². The van der Waals surface area contributed by atoms with E-state index in [2.05, 4.69) is 58.0 Å². The van der Waals surface area contributed by atoms with Crippen molar-refractivity contribution in [3.8, 4) is 0 Å². The Hall–Kier alpha value is -1.23. The third-order valence-corrected chi connectivity index (χ3v) is 3.91. The van der Waals surface area contributed by atoms with Gasteiger partial charge in [-0.15, -0.1) is 11.3 Å². The summed E-state index contributed by atoms with van der Waals surface area (Å²) in [6.07, 6.45) is 1.12. The van der Waals surface area contributed by atoms with E-state index in [0.29, 0.717) is 0 Å². The molecule has 2 aromatic heterocycles. The summed E-state index contributed by atoms with van der Waals surface area (Å²) >= 11 is 1.83. The molecular formula is C15H21N3S. The van der Waals surface area contributed by atoms with E-state index < -0.39 is 0 Å². The van der Waals surface area contributed by atoms with Crippen molar-refractivity contribution in [3.05, 3.63) is 52.0 Å². The Labute approximate surface area is 119 Å². The minimum atomic E-state index is 0.826. The third-order valence-electron chi connectivity index (χ3n) is 2.97. The van der Waals surface area contributed by atoms with E-state index in [1.54, 1.807) is 0 Å². The lowest BCUT2D eigenvalue weighted by Gasteiger charge is -2.16. The average Bonchev–Trinajstić information content (AvgIpc) is 2.90. The van der Waals surface area contributed by atoms with Crippen LogP contribution in [0.15, 0.2) is 35.7 Å². The van der Waals surface area contributed by atoms with Crippen LogP contribution < -0.4 is 5.32 Å². The standard InChI is InChI=1S/C15H21N3S/c1-16-11-13-5-3-6-14(17-13)12-18(2)9-8-15-7-4-10-19-15/h3-7,10,16H,8-9,11-12H2,1-2H3. The molecule has 4 heteroatoms. The maximum Gasteiger partial charge on any atom is 0.0547 e. The third kappa shape index (κ3) is 4.74. The van der Waals surface area contributed by atoms with Crippen molar-refractivity contribution in [1.82, 2.24) is 15.2 Å². The fourth-order valence-corrected chi connectivity index (χ4v) is 2.71. The lowest BCUT2D eigenvalue weighted by molar-refractivity contribution is 0.327. The lowest BCUT2D eigenvalue weighted by Crippen LogP contribution is -2.21. The van der Waals surface area contributed by atoms with Crippen LogP contribution >= 0.6 is 11.3 Å². The highest BCUT2D eigenvalue weighted by atomic mass is 32.1. The minimum Gasteiger partial charge on any atom is -0.314 e. The molecule has 2 heterocycles. The van der Waals surface area contributed by atoms with Crippen molar-refractivity contribution in [2.24, 2.45) is 0 Å². The number of hydrogen-bond acceptors (Lipinski definition) is 4. The van der Waals surface area contributed by atoms with Crippen LogP contribution in [0.2, 0.25) is 0 Å². The number of rotatable bonds is 7. The molecule has 0 spiro atoms. The summed E-state index contributed by atoms with van der Waals surface area (Å²) in [6, 6.07) is 10.6. The van der Waals surface area contributed by atoms with Gasteiger partial charge >= 0.3 is 0 Å². The van der Waals surface area contributed by atoms with E-state index in [4.69, 9.17) is 0 Å². The Morgan fingerprint density at radius 2 is 2.05 bits per heavy atom. The summed E-state index contributed by atoms with van der Waals surface area (Å²) in [5.74, 6) is 0. The zero-order valence-electron chi connectivity index (χ0n) is 11.6. The molecule has 0 aliphatic rings. The Morgan fingerprint density at radius 1 is 1.21 bits per heavy atom. The lowest BCUT2D eigenvalue weighted by atomic mass is 10.2. The first-order valence-electron chi connectivity index (χ1n) is 6.58. The Kier molecular flexibility index (Phi) is 5.51. The van der Waals surface area contributed by atoms with Crippen LogP contribution in [0.4, 0.5) is 0 Å². The molecule has 0 bridgehead atoms. The van der Waals surface area contributed by atoms with Crippen LogP contribution in [0.25, 0.3) is 0 Å². The maximum absolute atomic E-state index is 4.65. The SMILES string of the molecule is CNCc1cccc(CN(C)CCc2cccs2)n1. The summed E-state index contributed by atoms with van der Waals surface area (Å²) < 4.78 is 0. The zero-order valence-corrected chi connectivity index (χ0v) is 12.4. The topological polar surface area (TPSA) is 28.2 Å². The van der Waals surface area contributed by atoms with Crippen LogP contribution in [0.3, 0.4) is 0 Å². The van der Waals surface area contributed by atoms with Gasteiger partial charge in [-0.25, -0.2) is 0 Å². The predicted molar refractivity (Wildman–Crippen MR) is 81.4 cm³/mol. The molecule has 0 atom stereocenters. The van der Waals surface area contributed by atoms with E-state index in [0.717, 1.165) is 37.4 Å². The quantitative estimate of drug-likeness (QED) is 0.841. The Morgan fingerprint density at radius 3 is 2.79 bits per heavy atom. The van der Waals surface area contributed by atoms with Crippen molar-refractivity contribution in [1.29, 1.82) is 0 Å². The van der Waals surface area contributed by atoms with Gasteiger partial charge in [0.05, 0.1) is 11.4 Å². The number of thiophene rings is 1. The van der Waals surface area contributed by atoms with Crippen molar-refractivity contribution >= 4 is 11.3 Å². The summed E-state index contributed by atoms with van der Waals surface area (Å²) in [7, 11) is 4.10. The van der Waals surface area contributed by atoms with Gasteiger partial charge in [0.1, 0.15) is 0 Å². The summed E-state index contributed by atoms with van der Waals surface area (Å²) in [6.45, 7) is 2.80. The molecule has 0 aromatic carbocycles. The molecule has 0 radical (unpaired) electrons. The highest BCUT2D eigenvalue weighted by molar-refractivity contribution is 7.09. The number of nitrogens with zero attached hydrogens (tertiary/aromatic N) is 2. The highest BCUT2D eigenvalue weighted by Gasteiger charge is 2.03. The second kappa shape index (κ2) is 7.38. The molecule has 0 saturated heterocycles. The van der Waals surface area contributed by atoms with E-state index in [9.17, 15) is 0 Å². The van der Waals surface area contributed by atoms with Crippen LogP contribution in [-0.4, -0.2) is 30.5 Å². The predicted octanol–water partition coefficient (Wildman–Crippen LogP) is 2.54. The molecule has 3 nitrogen and oxygen atoms in total. The van der Waals surface area contributed by atoms with E-state index in [-0.39, 0.29) is 0 Å². The molecule has 1 N–H and O–H groups in total. The van der Waals surface area contributed by atoms with Gasteiger partial charge < -0.3 is 10.2 Å².